The molecule has 46 heavy (non-hydrogen) atoms. The van der Waals surface area contributed by atoms with Crippen LogP contribution in [0.15, 0.2) is 66.9 Å². The second kappa shape index (κ2) is 13.6. The molecule has 0 bridgehead atoms. The normalized spacial score (nSPS) is 22.2. The number of hydrogen-bond donors (Lipinski definition) is 1. The van der Waals surface area contributed by atoms with Crippen LogP contribution in [0.25, 0.3) is 5.57 Å². The number of methoxy groups -OCH3 is 2. The van der Waals surface area contributed by atoms with Gasteiger partial charge in [-0.1, -0.05) is 61.0 Å². The quantitative estimate of drug-likeness (QED) is 0.294. The minimum Gasteiger partial charge on any atom is -0.481 e. The van der Waals surface area contributed by atoms with Gasteiger partial charge in [-0.15, -0.1) is 0 Å². The molecular weight excluding hydrogens is 612 g/mol. The summed E-state index contributed by atoms with van der Waals surface area (Å²) < 4.78 is 38.1. The van der Waals surface area contributed by atoms with Crippen LogP contribution in [0.5, 0.6) is 5.88 Å². The standard InChI is InChI=1S/C35H38ClF2N5O3/c1-22-28(29-7-4-5-9-30(29)36)8-6-12-35(22,32-11-10-23(34(40-32)46-3)15-42-17-26(37)18-42)41-33(44)31-13-24(21-45-2)25(14-39-31)16-43-19-27(38)20-43/h4-14,22,26-27H,15-21H2,1-3H3,(H,41,44). The van der Waals surface area contributed by atoms with Gasteiger partial charge in [0, 0.05) is 69.1 Å². The van der Waals surface area contributed by atoms with Gasteiger partial charge >= 0.3 is 0 Å². The number of hydrogen-bond acceptors (Lipinski definition) is 7. The number of ether oxygens (including phenoxy) is 2. The lowest BCUT2D eigenvalue weighted by Crippen LogP contribution is -2.51. The Morgan fingerprint density at radius 1 is 1.02 bits per heavy atom. The summed E-state index contributed by atoms with van der Waals surface area (Å²) in [6.45, 7) is 4.87. The number of nitrogens with zero attached hydrogens (tertiary/aromatic N) is 4. The van der Waals surface area contributed by atoms with Crippen molar-refractivity contribution in [3.05, 3.63) is 106 Å². The van der Waals surface area contributed by atoms with Crippen LogP contribution in [0.4, 0.5) is 8.78 Å². The van der Waals surface area contributed by atoms with Crippen LogP contribution in [0.3, 0.4) is 0 Å². The minimum atomic E-state index is -1.11. The van der Waals surface area contributed by atoms with Gasteiger partial charge in [-0.25, -0.2) is 13.8 Å². The fourth-order valence-electron chi connectivity index (χ4n) is 6.46. The highest BCUT2D eigenvalue weighted by Crippen LogP contribution is 2.44. The number of nitrogens with one attached hydrogen (secondary N) is 1. The van der Waals surface area contributed by atoms with E-state index < -0.39 is 23.8 Å². The molecule has 2 aromatic heterocycles. The Morgan fingerprint density at radius 3 is 2.37 bits per heavy atom. The first-order chi connectivity index (χ1) is 22.2. The first-order valence-corrected chi connectivity index (χ1v) is 15.8. The molecule has 3 aliphatic rings. The fourth-order valence-corrected chi connectivity index (χ4v) is 6.71. The van der Waals surface area contributed by atoms with Gasteiger partial charge in [0.15, 0.2) is 0 Å². The van der Waals surface area contributed by atoms with Gasteiger partial charge in [0.25, 0.3) is 5.91 Å². The number of likely N-dealkylation sites (tertiary alicyclic amines) is 2. The number of alkyl halides is 2. The summed E-state index contributed by atoms with van der Waals surface area (Å²) >= 11 is 6.67. The molecule has 2 fully saturated rings. The lowest BCUT2D eigenvalue weighted by atomic mass is 9.72. The van der Waals surface area contributed by atoms with E-state index in [1.165, 1.54) is 0 Å². The van der Waals surface area contributed by atoms with Crippen LogP contribution in [0.2, 0.25) is 5.02 Å². The van der Waals surface area contributed by atoms with Gasteiger partial charge in [0.05, 0.1) is 19.4 Å². The molecule has 2 saturated heterocycles. The van der Waals surface area contributed by atoms with Gasteiger partial charge < -0.3 is 14.8 Å². The number of halogens is 3. The average Bonchev–Trinajstić information content (AvgIpc) is 3.02. The molecule has 0 saturated carbocycles. The molecule has 2 atom stereocenters. The van der Waals surface area contributed by atoms with Crippen molar-refractivity contribution in [2.24, 2.45) is 5.92 Å². The molecule has 8 nitrogen and oxygen atoms in total. The molecule has 242 valence electrons. The van der Waals surface area contributed by atoms with Crippen molar-refractivity contribution in [2.45, 2.75) is 44.5 Å². The van der Waals surface area contributed by atoms with Crippen LogP contribution >= 0.6 is 11.6 Å². The number of benzene rings is 1. The lowest BCUT2D eigenvalue weighted by molar-refractivity contribution is 0.0581. The smallest absolute Gasteiger partial charge is 0.270 e. The summed E-state index contributed by atoms with van der Waals surface area (Å²) in [5, 5.41) is 3.88. The van der Waals surface area contributed by atoms with Crippen LogP contribution in [-0.4, -0.2) is 78.4 Å². The molecule has 1 aliphatic carbocycles. The second-order valence-corrected chi connectivity index (χ2v) is 12.6. The minimum absolute atomic E-state index is 0.221. The van der Waals surface area contributed by atoms with Gasteiger partial charge in [-0.3, -0.25) is 19.6 Å². The number of allylic oxidation sites excluding steroid dienone is 2. The van der Waals surface area contributed by atoms with E-state index in [0.717, 1.165) is 27.8 Å². The van der Waals surface area contributed by atoms with Gasteiger partial charge in [-0.2, -0.15) is 0 Å². The zero-order valence-corrected chi connectivity index (χ0v) is 26.9. The summed E-state index contributed by atoms with van der Waals surface area (Å²) in [5.74, 6) is -0.299. The first kappa shape index (κ1) is 32.2. The molecule has 0 spiro atoms. The number of pyridine rings is 2. The third-order valence-corrected chi connectivity index (χ3v) is 9.40. The van der Waals surface area contributed by atoms with Crippen LogP contribution in [0, 0.1) is 5.92 Å². The van der Waals surface area contributed by atoms with E-state index >= 15 is 0 Å². The number of carbonyl (C=O) groups is 1. The molecule has 2 unspecified atom stereocenters. The lowest BCUT2D eigenvalue weighted by Gasteiger charge is -2.41. The molecule has 0 radical (unpaired) electrons. The Morgan fingerprint density at radius 2 is 1.72 bits per heavy atom. The zero-order chi connectivity index (χ0) is 32.4. The second-order valence-electron chi connectivity index (χ2n) is 12.2. The number of aromatic nitrogens is 2. The summed E-state index contributed by atoms with van der Waals surface area (Å²) in [5.41, 5.74) is 4.00. The molecule has 6 rings (SSSR count). The van der Waals surface area contributed by atoms with Gasteiger partial charge in [-0.05, 0) is 40.5 Å². The maximum atomic E-state index is 14.1. The molecule has 11 heteroatoms. The monoisotopic (exact) mass is 649 g/mol. The van der Waals surface area contributed by atoms with Crippen LogP contribution in [-0.2, 0) is 30.0 Å². The highest BCUT2D eigenvalue weighted by Gasteiger charge is 2.43. The van der Waals surface area contributed by atoms with Crippen LogP contribution in [0.1, 0.15) is 45.4 Å². The maximum Gasteiger partial charge on any atom is 0.270 e. The molecule has 1 amide bonds. The van der Waals surface area contributed by atoms with E-state index in [4.69, 9.17) is 26.1 Å². The summed E-state index contributed by atoms with van der Waals surface area (Å²) in [4.78, 5) is 27.6. The Labute approximate surface area is 273 Å². The van der Waals surface area contributed by atoms with E-state index in [-0.39, 0.29) is 18.2 Å². The largest absolute Gasteiger partial charge is 0.481 e. The van der Waals surface area contributed by atoms with Crippen molar-refractivity contribution in [2.75, 3.05) is 40.4 Å². The SMILES string of the molecule is COCc1cc(C(=O)NC2(c3ccc(CN4CC(F)C4)c(OC)n3)C=CC=C(c3ccccc3Cl)C2C)ncc1CN1CC(F)C1. The molecule has 2 aliphatic heterocycles. The van der Waals surface area contributed by atoms with Crippen molar-refractivity contribution in [1.82, 2.24) is 25.1 Å². The first-order valence-electron chi connectivity index (χ1n) is 15.4. The average molecular weight is 650 g/mol. The van der Waals surface area contributed by atoms with Gasteiger partial charge in [0.2, 0.25) is 5.88 Å². The molecule has 1 aromatic carbocycles. The van der Waals surface area contributed by atoms with E-state index in [9.17, 15) is 13.6 Å². The topological polar surface area (TPSA) is 79.8 Å². The third-order valence-electron chi connectivity index (χ3n) is 9.07. The maximum absolute atomic E-state index is 14.1. The number of rotatable bonds is 11. The van der Waals surface area contributed by atoms with Crippen molar-refractivity contribution in [3.63, 3.8) is 0 Å². The Bertz CT molecular complexity index is 1660. The van der Waals surface area contributed by atoms with E-state index in [1.54, 1.807) is 26.5 Å². The number of carbonyl (C=O) groups excluding carboxylic acids is 1. The third kappa shape index (κ3) is 6.44. The van der Waals surface area contributed by atoms with E-state index in [1.807, 2.05) is 71.3 Å². The zero-order valence-electron chi connectivity index (χ0n) is 26.2. The van der Waals surface area contributed by atoms with Crippen molar-refractivity contribution < 1.29 is 23.0 Å². The summed E-state index contributed by atoms with van der Waals surface area (Å²) in [6.07, 6.45) is 5.88. The molecular formula is C35H38ClF2N5O3. The fraction of sp³-hybridized carbons (Fsp3) is 0.400. The molecule has 4 heterocycles. The predicted molar refractivity (Wildman–Crippen MR) is 173 cm³/mol. The Balaban J connectivity index is 1.36. The highest BCUT2D eigenvalue weighted by molar-refractivity contribution is 6.32. The van der Waals surface area contributed by atoms with Crippen molar-refractivity contribution >= 4 is 23.1 Å². The molecule has 3 aromatic rings. The van der Waals surface area contributed by atoms with E-state index in [2.05, 4.69) is 10.3 Å². The predicted octanol–water partition coefficient (Wildman–Crippen LogP) is 5.51. The van der Waals surface area contributed by atoms with E-state index in [0.29, 0.717) is 55.9 Å². The number of amides is 1. The van der Waals surface area contributed by atoms with Crippen molar-refractivity contribution in [1.29, 1.82) is 0 Å². The summed E-state index contributed by atoms with van der Waals surface area (Å²) in [7, 11) is 3.15. The highest BCUT2D eigenvalue weighted by atomic mass is 35.5. The van der Waals surface area contributed by atoms with Gasteiger partial charge in [0.1, 0.15) is 23.6 Å². The summed E-state index contributed by atoms with van der Waals surface area (Å²) in [6, 6.07) is 13.2. The van der Waals surface area contributed by atoms with Crippen LogP contribution < -0.4 is 10.1 Å². The Hall–Kier alpha value is -3.70. The van der Waals surface area contributed by atoms with Crippen molar-refractivity contribution in [3.8, 4) is 5.88 Å². The Kier molecular flexibility index (Phi) is 9.52. The molecule has 1 N–H and O–H groups in total.